The van der Waals surface area contributed by atoms with Gasteiger partial charge in [-0.2, -0.15) is 0 Å². The van der Waals surface area contributed by atoms with Crippen LogP contribution >= 0.6 is 27.3 Å². The van der Waals surface area contributed by atoms with Crippen molar-refractivity contribution in [1.29, 1.82) is 0 Å². The fraction of sp³-hybridized carbons (Fsp3) is 0.111. The Labute approximate surface area is 167 Å². The normalized spacial score (nSPS) is 10.4. The van der Waals surface area contributed by atoms with Gasteiger partial charge in [0.2, 0.25) is 0 Å². The van der Waals surface area contributed by atoms with E-state index in [1.807, 2.05) is 29.6 Å². The maximum atomic E-state index is 12.1. The van der Waals surface area contributed by atoms with E-state index in [1.54, 1.807) is 6.92 Å². The molecule has 0 atom stereocenters. The van der Waals surface area contributed by atoms with Gasteiger partial charge in [-0.25, -0.2) is 4.98 Å². The third-order valence-electron chi connectivity index (χ3n) is 3.63. The number of hydrogen-bond acceptors (Lipinski definition) is 6. The van der Waals surface area contributed by atoms with Gasteiger partial charge in [-0.3, -0.25) is 20.2 Å². The van der Waals surface area contributed by atoms with Gasteiger partial charge in [0.1, 0.15) is 5.75 Å². The molecule has 138 valence electrons. The summed E-state index contributed by atoms with van der Waals surface area (Å²) in [6.45, 7) is 1.40. The van der Waals surface area contributed by atoms with Crippen molar-refractivity contribution in [2.75, 3.05) is 11.9 Å². The van der Waals surface area contributed by atoms with Crippen molar-refractivity contribution in [3.8, 4) is 17.0 Å². The predicted molar refractivity (Wildman–Crippen MR) is 107 cm³/mol. The molecule has 7 nitrogen and oxygen atoms in total. The van der Waals surface area contributed by atoms with E-state index in [-0.39, 0.29) is 18.2 Å². The van der Waals surface area contributed by atoms with Gasteiger partial charge < -0.3 is 4.74 Å². The van der Waals surface area contributed by atoms with Crippen molar-refractivity contribution in [3.05, 3.63) is 68.0 Å². The lowest BCUT2D eigenvalue weighted by Gasteiger charge is -2.06. The molecule has 1 heterocycles. The van der Waals surface area contributed by atoms with Crippen LogP contribution in [0.5, 0.6) is 5.75 Å². The molecule has 0 aliphatic rings. The number of nitrogens with zero attached hydrogens (tertiary/aromatic N) is 2. The minimum absolute atomic E-state index is 0.00931. The summed E-state index contributed by atoms with van der Waals surface area (Å²) in [7, 11) is 0. The van der Waals surface area contributed by atoms with Crippen molar-refractivity contribution in [2.24, 2.45) is 0 Å². The summed E-state index contributed by atoms with van der Waals surface area (Å²) < 4.78 is 6.38. The molecule has 0 spiro atoms. The number of benzene rings is 2. The molecule has 1 aromatic heterocycles. The van der Waals surface area contributed by atoms with Crippen LogP contribution in [0.4, 0.5) is 10.8 Å². The number of nitro benzene ring substituents is 1. The van der Waals surface area contributed by atoms with Crippen molar-refractivity contribution in [1.82, 2.24) is 4.98 Å². The molecule has 0 fully saturated rings. The maximum absolute atomic E-state index is 12.1. The van der Waals surface area contributed by atoms with Crippen molar-refractivity contribution >= 4 is 44.0 Å². The lowest BCUT2D eigenvalue weighted by molar-refractivity contribution is -0.385. The number of hydrogen-bond donors (Lipinski definition) is 1. The molecule has 3 aromatic rings. The van der Waals surface area contributed by atoms with Gasteiger partial charge in [-0.1, -0.05) is 28.1 Å². The number of nitrogens with one attached hydrogen (secondary N) is 1. The monoisotopic (exact) mass is 447 g/mol. The first-order chi connectivity index (χ1) is 12.9. The van der Waals surface area contributed by atoms with Gasteiger partial charge in [0, 0.05) is 27.0 Å². The first-order valence-corrected chi connectivity index (χ1v) is 9.49. The molecule has 0 aliphatic carbocycles. The fourth-order valence-electron chi connectivity index (χ4n) is 2.31. The zero-order valence-electron chi connectivity index (χ0n) is 14.1. The molecule has 0 saturated heterocycles. The fourth-order valence-corrected chi connectivity index (χ4v) is 3.31. The van der Waals surface area contributed by atoms with Gasteiger partial charge >= 0.3 is 0 Å². The Morgan fingerprint density at radius 2 is 2.04 bits per heavy atom. The van der Waals surface area contributed by atoms with Crippen LogP contribution in [0.3, 0.4) is 0 Å². The van der Waals surface area contributed by atoms with Crippen LogP contribution < -0.4 is 10.1 Å². The second kappa shape index (κ2) is 8.28. The number of ether oxygens (including phenoxy) is 1. The SMILES string of the molecule is Cc1cc(OCC(=O)Nc2nc(-c3ccc(Br)cc3)cs2)ccc1[N+](=O)[O-]. The molecule has 27 heavy (non-hydrogen) atoms. The summed E-state index contributed by atoms with van der Waals surface area (Å²) in [5.41, 5.74) is 2.20. The Morgan fingerprint density at radius 1 is 1.30 bits per heavy atom. The standard InChI is InChI=1S/C18H14BrN3O4S/c1-11-8-14(6-7-16(11)22(24)25)26-9-17(23)21-18-20-15(10-27-18)12-2-4-13(19)5-3-12/h2-8,10H,9H2,1H3,(H,20,21,23). The van der Waals surface area contributed by atoms with E-state index in [0.29, 0.717) is 16.4 Å². The van der Waals surface area contributed by atoms with Gasteiger partial charge in [0.15, 0.2) is 11.7 Å². The van der Waals surface area contributed by atoms with Crippen LogP contribution in [0.1, 0.15) is 5.56 Å². The molecule has 9 heteroatoms. The minimum Gasteiger partial charge on any atom is -0.484 e. The third kappa shape index (κ3) is 4.89. The molecule has 1 amide bonds. The lowest BCUT2D eigenvalue weighted by Crippen LogP contribution is -2.20. The summed E-state index contributed by atoms with van der Waals surface area (Å²) in [4.78, 5) is 26.8. The first kappa shape index (κ1) is 19.0. The van der Waals surface area contributed by atoms with E-state index in [4.69, 9.17) is 4.74 Å². The van der Waals surface area contributed by atoms with Crippen LogP contribution in [0.15, 0.2) is 52.3 Å². The number of rotatable bonds is 6. The number of aryl methyl sites for hydroxylation is 1. The van der Waals surface area contributed by atoms with E-state index < -0.39 is 4.92 Å². The van der Waals surface area contributed by atoms with E-state index in [2.05, 4.69) is 26.2 Å². The molecule has 0 radical (unpaired) electrons. The Morgan fingerprint density at radius 3 is 2.70 bits per heavy atom. The average Bonchev–Trinajstić information content (AvgIpc) is 3.08. The quantitative estimate of drug-likeness (QED) is 0.432. The Balaban J connectivity index is 1.58. The minimum atomic E-state index is -0.461. The van der Waals surface area contributed by atoms with Crippen LogP contribution in [-0.2, 0) is 4.79 Å². The zero-order valence-corrected chi connectivity index (χ0v) is 16.5. The summed E-state index contributed by atoms with van der Waals surface area (Å²) in [6, 6.07) is 12.1. The smallest absolute Gasteiger partial charge is 0.272 e. The predicted octanol–water partition coefficient (Wildman–Crippen LogP) is 4.81. The highest BCUT2D eigenvalue weighted by Gasteiger charge is 2.12. The molecule has 0 aliphatic heterocycles. The van der Waals surface area contributed by atoms with E-state index in [0.717, 1.165) is 15.7 Å². The molecule has 0 bridgehead atoms. The van der Waals surface area contributed by atoms with E-state index in [1.165, 1.54) is 29.5 Å². The lowest BCUT2D eigenvalue weighted by atomic mass is 10.2. The molecule has 0 unspecified atom stereocenters. The number of anilines is 1. The second-order valence-corrected chi connectivity index (χ2v) is 7.36. The molecule has 3 rings (SSSR count). The highest BCUT2D eigenvalue weighted by Crippen LogP contribution is 2.26. The molecule has 1 N–H and O–H groups in total. The number of carbonyl (C=O) groups is 1. The molecule has 2 aromatic carbocycles. The highest BCUT2D eigenvalue weighted by molar-refractivity contribution is 9.10. The molecular weight excluding hydrogens is 434 g/mol. The van der Waals surface area contributed by atoms with Gasteiger partial charge in [-0.05, 0) is 31.2 Å². The molecular formula is C18H14BrN3O4S. The van der Waals surface area contributed by atoms with Crippen molar-refractivity contribution in [2.45, 2.75) is 6.92 Å². The summed E-state index contributed by atoms with van der Waals surface area (Å²) in [6.07, 6.45) is 0. The maximum Gasteiger partial charge on any atom is 0.272 e. The topological polar surface area (TPSA) is 94.4 Å². The first-order valence-electron chi connectivity index (χ1n) is 7.81. The number of thiazole rings is 1. The third-order valence-corrected chi connectivity index (χ3v) is 4.91. The van der Waals surface area contributed by atoms with Crippen molar-refractivity contribution < 1.29 is 14.5 Å². The largest absolute Gasteiger partial charge is 0.484 e. The average molecular weight is 448 g/mol. The number of nitro groups is 1. The van der Waals surface area contributed by atoms with Crippen LogP contribution in [-0.4, -0.2) is 22.4 Å². The van der Waals surface area contributed by atoms with Crippen molar-refractivity contribution in [3.63, 3.8) is 0 Å². The summed E-state index contributed by atoms with van der Waals surface area (Å²) >= 11 is 4.71. The Kier molecular flexibility index (Phi) is 5.82. The van der Waals surface area contributed by atoms with Crippen LogP contribution in [0.2, 0.25) is 0 Å². The van der Waals surface area contributed by atoms with E-state index >= 15 is 0 Å². The Bertz CT molecular complexity index is 989. The van der Waals surface area contributed by atoms with Gasteiger partial charge in [0.05, 0.1) is 10.6 Å². The zero-order chi connectivity index (χ0) is 19.4. The van der Waals surface area contributed by atoms with Crippen LogP contribution in [0, 0.1) is 17.0 Å². The number of amides is 1. The van der Waals surface area contributed by atoms with Gasteiger partial charge in [0.25, 0.3) is 11.6 Å². The van der Waals surface area contributed by atoms with E-state index in [9.17, 15) is 14.9 Å². The number of halogens is 1. The summed E-state index contributed by atoms with van der Waals surface area (Å²) in [5, 5.41) is 15.8. The van der Waals surface area contributed by atoms with Crippen LogP contribution in [0.25, 0.3) is 11.3 Å². The highest BCUT2D eigenvalue weighted by atomic mass is 79.9. The second-order valence-electron chi connectivity index (χ2n) is 5.59. The number of aromatic nitrogens is 1. The Hall–Kier alpha value is -2.78. The number of carbonyl (C=O) groups excluding carboxylic acids is 1. The molecule has 0 saturated carbocycles. The van der Waals surface area contributed by atoms with Gasteiger partial charge in [-0.15, -0.1) is 11.3 Å². The summed E-state index contributed by atoms with van der Waals surface area (Å²) in [5.74, 6) is 0.0330.